The second-order valence-corrected chi connectivity index (χ2v) is 20.8. The number of H-pyrrole nitrogens is 1. The zero-order chi connectivity index (χ0) is 45.5. The van der Waals surface area contributed by atoms with Crippen LogP contribution in [0.15, 0.2) is 78.0 Å². The fraction of sp³-hybridized carbons (Fsp3) is 0.490. The Morgan fingerprint density at radius 3 is 2.57 bits per heavy atom. The smallest absolute Gasteiger partial charge is 0.312 e. The van der Waals surface area contributed by atoms with Gasteiger partial charge in [-0.25, -0.2) is 23.1 Å². The van der Waals surface area contributed by atoms with E-state index in [4.69, 9.17) is 9.47 Å². The lowest BCUT2D eigenvalue weighted by Crippen LogP contribution is -2.58. The Kier molecular flexibility index (Phi) is 12.6. The fourth-order valence-electron chi connectivity index (χ4n) is 10.7. The van der Waals surface area contributed by atoms with Crippen molar-refractivity contribution in [2.24, 2.45) is 17.3 Å². The van der Waals surface area contributed by atoms with Crippen LogP contribution in [0.2, 0.25) is 0 Å². The maximum Gasteiger partial charge on any atom is 0.312 e. The average molecular weight is 905 g/mol. The molecule has 16 heteroatoms. The van der Waals surface area contributed by atoms with Crippen LogP contribution in [0, 0.1) is 34.3 Å². The summed E-state index contributed by atoms with van der Waals surface area (Å²) in [7, 11) is -4.63. The van der Waals surface area contributed by atoms with Crippen molar-refractivity contribution in [1.29, 1.82) is 0 Å². The summed E-state index contributed by atoms with van der Waals surface area (Å²) in [6, 6.07) is 19.4. The minimum Gasteiger partial charge on any atom is -0.455 e. The first-order chi connectivity index (χ1) is 31.3. The third-order valence-electron chi connectivity index (χ3n) is 14.5. The van der Waals surface area contributed by atoms with Crippen molar-refractivity contribution in [2.75, 3.05) is 49.6 Å². The summed E-state index contributed by atoms with van der Waals surface area (Å²) in [6.07, 6.45) is 11.9. The summed E-state index contributed by atoms with van der Waals surface area (Å²) in [4.78, 5) is 42.0. The second-order valence-electron chi connectivity index (χ2n) is 19.2. The molecule has 5 aromatic rings. The number of rotatable bonds is 13. The lowest BCUT2D eigenvalue weighted by molar-refractivity contribution is -0.384. The van der Waals surface area contributed by atoms with Crippen LogP contribution in [0.3, 0.4) is 0 Å². The largest absolute Gasteiger partial charge is 0.455 e. The highest BCUT2D eigenvalue weighted by Gasteiger charge is 2.49. The van der Waals surface area contributed by atoms with Crippen LogP contribution in [0.25, 0.3) is 11.0 Å². The third kappa shape index (κ3) is 9.43. The molecule has 2 aromatic carbocycles. The van der Waals surface area contributed by atoms with Crippen molar-refractivity contribution < 1.29 is 27.6 Å². The van der Waals surface area contributed by atoms with Crippen LogP contribution in [-0.2, 0) is 14.8 Å². The lowest BCUT2D eigenvalue weighted by atomic mass is 9.59. The number of pyridine rings is 2. The molecular weight excluding hydrogens is 845 g/mol. The van der Waals surface area contributed by atoms with Gasteiger partial charge in [0.05, 0.1) is 41.6 Å². The highest BCUT2D eigenvalue weighted by Crippen LogP contribution is 2.53. The van der Waals surface area contributed by atoms with Crippen LogP contribution in [0.5, 0.6) is 11.5 Å². The Labute approximate surface area is 380 Å². The van der Waals surface area contributed by atoms with Gasteiger partial charge in [-0.2, -0.15) is 0 Å². The number of nitrogens with zero attached hydrogens (tertiary/aromatic N) is 5. The van der Waals surface area contributed by atoms with Crippen molar-refractivity contribution in [3.05, 3.63) is 106 Å². The normalized spacial score (nSPS) is 21.6. The third-order valence-corrected chi connectivity index (χ3v) is 16.0. The van der Waals surface area contributed by atoms with Crippen LogP contribution in [0.4, 0.5) is 17.2 Å². The van der Waals surface area contributed by atoms with Crippen LogP contribution >= 0.6 is 0 Å². The summed E-state index contributed by atoms with van der Waals surface area (Å²) < 4.78 is 42.4. The minimum atomic E-state index is -4.63. The number of anilines is 2. The summed E-state index contributed by atoms with van der Waals surface area (Å²) in [6.45, 7) is 12.7. The van der Waals surface area contributed by atoms with Crippen LogP contribution in [-0.4, -0.2) is 84.5 Å². The molecule has 2 saturated heterocycles. The number of nitro groups is 1. The molecule has 2 saturated carbocycles. The molecule has 0 radical (unpaired) electrons. The number of carbonyl (C=O) groups excluding carboxylic acids is 1. The first kappa shape index (κ1) is 44.6. The average Bonchev–Trinajstić information content (AvgIpc) is 3.76. The lowest BCUT2D eigenvalue weighted by Gasteiger charge is -2.57. The van der Waals surface area contributed by atoms with Crippen molar-refractivity contribution >= 4 is 44.2 Å². The van der Waals surface area contributed by atoms with E-state index in [0.717, 1.165) is 94.7 Å². The van der Waals surface area contributed by atoms with Gasteiger partial charge in [0, 0.05) is 61.6 Å². The van der Waals surface area contributed by atoms with E-state index in [9.17, 15) is 23.3 Å². The first-order valence-electron chi connectivity index (χ1n) is 23.2. The number of morpholine rings is 1. The van der Waals surface area contributed by atoms with E-state index in [1.54, 1.807) is 30.6 Å². The van der Waals surface area contributed by atoms with Gasteiger partial charge in [-0.05, 0) is 104 Å². The Balaban J connectivity index is 0.913. The molecule has 0 bridgehead atoms. The number of hydrogen-bond donors (Lipinski definition) is 3. The number of benzene rings is 2. The van der Waals surface area contributed by atoms with E-state index in [0.29, 0.717) is 48.3 Å². The SMILES string of the molecule is Cc1nc(NC[C@H]2CC[C@@H](C)CC2)c([N+](=O)[O-])cc1S(=O)(=O)NC(=O)c1ccc(N2CCC3(CC2)CC(N2CCOC[C@H]2c2ccccc2C(C)C)C3)cc1Oc1cnc2[nH]ccc2c1. The maximum absolute atomic E-state index is 14.1. The maximum atomic E-state index is 14.1. The first-order valence-corrected chi connectivity index (χ1v) is 24.6. The monoisotopic (exact) mass is 904 g/mol. The summed E-state index contributed by atoms with van der Waals surface area (Å²) in [5.74, 6) is 1.00. The van der Waals surface area contributed by atoms with Gasteiger partial charge in [-0.15, -0.1) is 0 Å². The molecule has 65 heavy (non-hydrogen) atoms. The van der Waals surface area contributed by atoms with Crippen molar-refractivity contribution in [3.8, 4) is 11.5 Å². The quantitative estimate of drug-likeness (QED) is 0.0753. The fourth-order valence-corrected chi connectivity index (χ4v) is 11.9. The number of aromatic amines is 1. The zero-order valence-corrected chi connectivity index (χ0v) is 38.5. The molecule has 4 fully saturated rings. The minimum absolute atomic E-state index is 0.00503. The van der Waals surface area contributed by atoms with Gasteiger partial charge in [0.2, 0.25) is 5.82 Å². The number of piperidine rings is 1. The number of sulfonamides is 1. The highest BCUT2D eigenvalue weighted by atomic mass is 32.2. The molecule has 1 amide bonds. The van der Waals surface area contributed by atoms with Gasteiger partial charge in [0.15, 0.2) is 0 Å². The van der Waals surface area contributed by atoms with Crippen molar-refractivity contribution in [2.45, 2.75) is 102 Å². The number of nitrogens with one attached hydrogen (secondary N) is 3. The molecule has 0 unspecified atom stereocenters. The Morgan fingerprint density at radius 2 is 1.82 bits per heavy atom. The Hall–Kier alpha value is -5.58. The number of amides is 1. The molecule has 1 spiro atoms. The number of carbonyl (C=O) groups is 1. The van der Waals surface area contributed by atoms with E-state index in [-0.39, 0.29) is 34.3 Å². The van der Waals surface area contributed by atoms with Crippen LogP contribution in [0.1, 0.15) is 111 Å². The van der Waals surface area contributed by atoms with Gasteiger partial charge in [0.25, 0.3) is 15.9 Å². The topological polar surface area (TPSA) is 185 Å². The summed E-state index contributed by atoms with van der Waals surface area (Å²) >= 11 is 0. The molecule has 5 heterocycles. The predicted octanol–water partition coefficient (Wildman–Crippen LogP) is 9.27. The number of aryl methyl sites for hydroxylation is 1. The van der Waals surface area contributed by atoms with E-state index in [1.807, 2.05) is 12.1 Å². The number of hydrogen-bond acceptors (Lipinski definition) is 12. The molecule has 2 aliphatic carbocycles. The van der Waals surface area contributed by atoms with Gasteiger partial charge >= 0.3 is 5.69 Å². The molecule has 344 valence electrons. The molecule has 15 nitrogen and oxygen atoms in total. The summed E-state index contributed by atoms with van der Waals surface area (Å²) in [5.41, 5.74) is 4.07. The molecular formula is C49H60N8O7S. The van der Waals surface area contributed by atoms with Gasteiger partial charge in [0.1, 0.15) is 22.0 Å². The molecule has 4 aliphatic rings. The number of aromatic nitrogens is 3. The molecule has 3 N–H and O–H groups in total. The number of fused-ring (bicyclic) bond motifs is 1. The predicted molar refractivity (Wildman–Crippen MR) is 250 cm³/mol. The summed E-state index contributed by atoms with van der Waals surface area (Å²) in [5, 5.41) is 16.1. The molecule has 1 atom stereocenters. The van der Waals surface area contributed by atoms with E-state index in [2.05, 4.69) is 79.8 Å². The number of ether oxygens (including phenoxy) is 2. The highest BCUT2D eigenvalue weighted by molar-refractivity contribution is 7.90. The molecule has 3 aromatic heterocycles. The zero-order valence-electron chi connectivity index (χ0n) is 37.7. The Morgan fingerprint density at radius 1 is 1.05 bits per heavy atom. The molecule has 2 aliphatic heterocycles. The van der Waals surface area contributed by atoms with Gasteiger partial charge < -0.3 is 24.7 Å². The van der Waals surface area contributed by atoms with E-state index >= 15 is 0 Å². The van der Waals surface area contributed by atoms with E-state index in [1.165, 1.54) is 18.1 Å². The standard InChI is InChI=1S/C49H60N8O7S/c1-31(2)39-7-5-6-8-40(39)43-30-63-22-21-56(43)37-26-49(27-37)16-19-55(20-17-49)36-13-14-41(44(24-36)64-38-23-35-15-18-50-46(35)52-29-38)48(58)54-65(61,62)45-25-42(57(59)60)47(53-33(45)4)51-28-34-11-9-32(3)10-12-34/h5-8,13-15,18,23-25,29,31-32,34,37,43H,9-12,16-17,19-22,26-28,30H2,1-4H3,(H,50,52)(H,51,53)(H,54,58)/t32-,34+,43-/m0/s1. The van der Waals surface area contributed by atoms with Crippen molar-refractivity contribution in [3.63, 3.8) is 0 Å². The van der Waals surface area contributed by atoms with Crippen LogP contribution < -0.4 is 19.7 Å². The van der Waals surface area contributed by atoms with Gasteiger partial charge in [-0.1, -0.05) is 57.9 Å². The second kappa shape index (κ2) is 18.4. The molecule has 9 rings (SSSR count). The van der Waals surface area contributed by atoms with Crippen molar-refractivity contribution in [1.82, 2.24) is 24.6 Å². The Bertz CT molecular complexity index is 2660. The van der Waals surface area contributed by atoms with E-state index < -0.39 is 31.4 Å². The van der Waals surface area contributed by atoms with Gasteiger partial charge in [-0.3, -0.25) is 19.8 Å².